The summed E-state index contributed by atoms with van der Waals surface area (Å²) in [5.41, 5.74) is 0. The maximum absolute atomic E-state index is 3.52. The largest absolute Gasteiger partial charge is 0.309 e. The van der Waals surface area contributed by atoms with Gasteiger partial charge in [-0.3, -0.25) is 0 Å². The lowest BCUT2D eigenvalue weighted by Crippen LogP contribution is -2.24. The number of nitrogens with one attached hydrogen (secondary N) is 1. The molecule has 1 aromatic heterocycles. The van der Waals surface area contributed by atoms with Crippen molar-refractivity contribution in [3.8, 4) is 0 Å². The lowest BCUT2D eigenvalue weighted by molar-refractivity contribution is 0.365. The molecular weight excluding hydrogens is 192 g/mol. The van der Waals surface area contributed by atoms with Crippen molar-refractivity contribution in [1.82, 2.24) is 10.2 Å². The Morgan fingerprint density at radius 2 is 2.29 bits per heavy atom. The number of thiophene rings is 1. The van der Waals surface area contributed by atoms with Crippen LogP contribution >= 0.6 is 11.3 Å². The van der Waals surface area contributed by atoms with Crippen LogP contribution in [0, 0.1) is 0 Å². The summed E-state index contributed by atoms with van der Waals surface area (Å²) in [6, 6.07) is 4.87. The summed E-state index contributed by atoms with van der Waals surface area (Å²) >= 11 is 1.84. The molecule has 1 N–H and O–H groups in total. The van der Waals surface area contributed by atoms with Crippen LogP contribution in [0.4, 0.5) is 0 Å². The summed E-state index contributed by atoms with van der Waals surface area (Å²) in [5, 5.41) is 5.67. The predicted octanol–water partition coefficient (Wildman–Crippen LogP) is 2.35. The van der Waals surface area contributed by atoms with E-state index >= 15 is 0 Å². The van der Waals surface area contributed by atoms with Gasteiger partial charge >= 0.3 is 0 Å². The van der Waals surface area contributed by atoms with Gasteiger partial charge in [0.05, 0.1) is 0 Å². The second kappa shape index (κ2) is 6.17. The Labute approximate surface area is 90.9 Å². The van der Waals surface area contributed by atoms with Crippen molar-refractivity contribution in [2.75, 3.05) is 27.2 Å². The Morgan fingerprint density at radius 1 is 1.50 bits per heavy atom. The first-order valence-electron chi connectivity index (χ1n) is 5.15. The van der Waals surface area contributed by atoms with E-state index in [1.54, 1.807) is 0 Å². The second-order valence-electron chi connectivity index (χ2n) is 3.72. The fourth-order valence-corrected chi connectivity index (χ4v) is 2.31. The summed E-state index contributed by atoms with van der Waals surface area (Å²) in [5.74, 6) is 0. The molecule has 2 nitrogen and oxygen atoms in total. The average Bonchev–Trinajstić information content (AvgIpc) is 2.64. The van der Waals surface area contributed by atoms with Gasteiger partial charge < -0.3 is 10.2 Å². The third-order valence-electron chi connectivity index (χ3n) is 2.20. The van der Waals surface area contributed by atoms with Crippen LogP contribution in [0.2, 0.25) is 0 Å². The van der Waals surface area contributed by atoms with Crippen LogP contribution < -0.4 is 5.32 Å². The van der Waals surface area contributed by atoms with Gasteiger partial charge in [0.25, 0.3) is 0 Å². The first-order valence-corrected chi connectivity index (χ1v) is 6.03. The minimum absolute atomic E-state index is 0.530. The van der Waals surface area contributed by atoms with E-state index in [1.165, 1.54) is 11.3 Å². The van der Waals surface area contributed by atoms with Crippen molar-refractivity contribution in [3.05, 3.63) is 22.4 Å². The summed E-state index contributed by atoms with van der Waals surface area (Å²) in [4.78, 5) is 3.69. The van der Waals surface area contributed by atoms with Crippen molar-refractivity contribution < 1.29 is 0 Å². The molecule has 1 unspecified atom stereocenters. The van der Waals surface area contributed by atoms with E-state index in [-0.39, 0.29) is 0 Å². The molecule has 0 aliphatic heterocycles. The molecule has 0 fully saturated rings. The van der Waals surface area contributed by atoms with Gasteiger partial charge in [0.15, 0.2) is 0 Å². The van der Waals surface area contributed by atoms with Crippen LogP contribution in [0.5, 0.6) is 0 Å². The average molecular weight is 212 g/mol. The molecule has 0 saturated heterocycles. The molecule has 0 aliphatic rings. The zero-order valence-electron chi connectivity index (χ0n) is 9.29. The molecule has 14 heavy (non-hydrogen) atoms. The molecule has 1 heterocycles. The van der Waals surface area contributed by atoms with Gasteiger partial charge in [0, 0.05) is 10.9 Å². The Kier molecular flexibility index (Phi) is 5.15. The van der Waals surface area contributed by atoms with Gasteiger partial charge in [-0.15, -0.1) is 11.3 Å². The lowest BCUT2D eigenvalue weighted by Gasteiger charge is -2.18. The standard InChI is InChI=1S/C11H20N2S/c1-4-12-10(7-8-13(2)3)11-6-5-9-14-11/h5-6,9-10,12H,4,7-8H2,1-3H3. The topological polar surface area (TPSA) is 15.3 Å². The maximum Gasteiger partial charge on any atom is 0.0426 e. The van der Waals surface area contributed by atoms with E-state index in [0.717, 1.165) is 13.1 Å². The molecule has 0 aromatic carbocycles. The minimum Gasteiger partial charge on any atom is -0.309 e. The quantitative estimate of drug-likeness (QED) is 0.778. The normalized spacial score (nSPS) is 13.4. The van der Waals surface area contributed by atoms with Crippen molar-refractivity contribution in [3.63, 3.8) is 0 Å². The number of rotatable bonds is 6. The molecule has 80 valence electrons. The Bertz CT molecular complexity index is 231. The first kappa shape index (κ1) is 11.7. The Balaban J connectivity index is 2.47. The smallest absolute Gasteiger partial charge is 0.0426 e. The lowest BCUT2D eigenvalue weighted by atomic mass is 10.1. The molecule has 1 rings (SSSR count). The van der Waals surface area contributed by atoms with Gasteiger partial charge in [0.1, 0.15) is 0 Å². The number of nitrogens with zero attached hydrogens (tertiary/aromatic N) is 1. The summed E-state index contributed by atoms with van der Waals surface area (Å²) in [6.45, 7) is 4.34. The SMILES string of the molecule is CCNC(CCN(C)C)c1cccs1. The molecule has 0 radical (unpaired) electrons. The van der Waals surface area contributed by atoms with Crippen molar-refractivity contribution in [2.24, 2.45) is 0 Å². The van der Waals surface area contributed by atoms with Gasteiger partial charge in [-0.05, 0) is 45.1 Å². The molecular formula is C11H20N2S. The molecule has 3 heteroatoms. The number of hydrogen-bond donors (Lipinski definition) is 1. The van der Waals surface area contributed by atoms with Crippen molar-refractivity contribution in [2.45, 2.75) is 19.4 Å². The fourth-order valence-electron chi connectivity index (χ4n) is 1.47. The van der Waals surface area contributed by atoms with Crippen molar-refractivity contribution in [1.29, 1.82) is 0 Å². The van der Waals surface area contributed by atoms with Gasteiger partial charge in [-0.1, -0.05) is 13.0 Å². The van der Waals surface area contributed by atoms with Crippen LogP contribution in [0.3, 0.4) is 0 Å². The van der Waals surface area contributed by atoms with E-state index in [1.807, 2.05) is 11.3 Å². The van der Waals surface area contributed by atoms with E-state index in [4.69, 9.17) is 0 Å². The molecule has 0 saturated carbocycles. The van der Waals surface area contributed by atoms with E-state index < -0.39 is 0 Å². The molecule has 0 aliphatic carbocycles. The molecule has 0 amide bonds. The van der Waals surface area contributed by atoms with Crippen LogP contribution in [0.25, 0.3) is 0 Å². The third-order valence-corrected chi connectivity index (χ3v) is 3.19. The second-order valence-corrected chi connectivity index (χ2v) is 4.70. The zero-order chi connectivity index (χ0) is 10.4. The molecule has 0 bridgehead atoms. The maximum atomic E-state index is 3.52. The third kappa shape index (κ3) is 3.78. The van der Waals surface area contributed by atoms with E-state index in [0.29, 0.717) is 6.04 Å². The van der Waals surface area contributed by atoms with E-state index in [9.17, 15) is 0 Å². The summed E-state index contributed by atoms with van der Waals surface area (Å²) < 4.78 is 0. The Hall–Kier alpha value is -0.380. The van der Waals surface area contributed by atoms with Gasteiger partial charge in [0.2, 0.25) is 0 Å². The van der Waals surface area contributed by atoms with Crippen LogP contribution in [0.1, 0.15) is 24.3 Å². The monoisotopic (exact) mass is 212 g/mol. The fraction of sp³-hybridized carbons (Fsp3) is 0.636. The van der Waals surface area contributed by atoms with Gasteiger partial charge in [-0.2, -0.15) is 0 Å². The van der Waals surface area contributed by atoms with Crippen LogP contribution in [-0.2, 0) is 0 Å². The highest BCUT2D eigenvalue weighted by atomic mass is 32.1. The molecule has 0 spiro atoms. The molecule has 1 atom stereocenters. The highest BCUT2D eigenvalue weighted by molar-refractivity contribution is 7.10. The van der Waals surface area contributed by atoms with E-state index in [2.05, 4.69) is 48.7 Å². The predicted molar refractivity (Wildman–Crippen MR) is 63.9 cm³/mol. The zero-order valence-corrected chi connectivity index (χ0v) is 10.1. The van der Waals surface area contributed by atoms with Crippen LogP contribution in [0.15, 0.2) is 17.5 Å². The minimum atomic E-state index is 0.530. The molecule has 1 aromatic rings. The summed E-state index contributed by atoms with van der Waals surface area (Å²) in [7, 11) is 4.24. The summed E-state index contributed by atoms with van der Waals surface area (Å²) in [6.07, 6.45) is 1.18. The number of hydrogen-bond acceptors (Lipinski definition) is 3. The Morgan fingerprint density at radius 3 is 2.79 bits per heavy atom. The van der Waals surface area contributed by atoms with Crippen molar-refractivity contribution >= 4 is 11.3 Å². The highest BCUT2D eigenvalue weighted by Gasteiger charge is 2.10. The first-order chi connectivity index (χ1) is 6.74. The highest BCUT2D eigenvalue weighted by Crippen LogP contribution is 2.21. The van der Waals surface area contributed by atoms with Gasteiger partial charge in [-0.25, -0.2) is 0 Å². The van der Waals surface area contributed by atoms with Crippen LogP contribution in [-0.4, -0.2) is 32.1 Å².